The van der Waals surface area contributed by atoms with Crippen molar-refractivity contribution in [3.63, 3.8) is 0 Å². The number of nitrogens with zero attached hydrogens (tertiary/aromatic N) is 1. The lowest BCUT2D eigenvalue weighted by Gasteiger charge is -2.14. The van der Waals surface area contributed by atoms with Crippen LogP contribution in [-0.2, 0) is 0 Å². The van der Waals surface area contributed by atoms with E-state index in [0.29, 0.717) is 0 Å². The Balaban J connectivity index is 2.77. The predicted octanol–water partition coefficient (Wildman–Crippen LogP) is -0.426. The highest BCUT2D eigenvalue weighted by atomic mass is 19.1. The van der Waals surface area contributed by atoms with Gasteiger partial charge in [-0.3, -0.25) is 4.98 Å². The van der Waals surface area contributed by atoms with E-state index >= 15 is 0 Å². The molecular weight excluding hydrogens is 175 g/mol. The van der Waals surface area contributed by atoms with Crippen molar-refractivity contribution in [2.45, 2.75) is 12.2 Å². The van der Waals surface area contributed by atoms with Crippen molar-refractivity contribution in [3.8, 4) is 0 Å². The van der Waals surface area contributed by atoms with Crippen molar-refractivity contribution >= 4 is 0 Å². The van der Waals surface area contributed by atoms with Crippen LogP contribution in [0.15, 0.2) is 18.3 Å². The summed E-state index contributed by atoms with van der Waals surface area (Å²) < 4.78 is 12.4. The Morgan fingerprint density at radius 1 is 1.46 bits per heavy atom. The Morgan fingerprint density at radius 2 is 2.15 bits per heavy atom. The third-order valence-corrected chi connectivity index (χ3v) is 1.66. The number of rotatable bonds is 3. The van der Waals surface area contributed by atoms with Crippen LogP contribution in [0.5, 0.6) is 0 Å². The van der Waals surface area contributed by atoms with Gasteiger partial charge in [0.25, 0.3) is 0 Å². The van der Waals surface area contributed by atoms with Crippen LogP contribution in [0.3, 0.4) is 0 Å². The Morgan fingerprint density at radius 3 is 2.62 bits per heavy atom. The van der Waals surface area contributed by atoms with E-state index in [0.717, 1.165) is 12.3 Å². The highest BCUT2D eigenvalue weighted by Crippen LogP contribution is 2.13. The number of aromatic nitrogens is 1. The van der Waals surface area contributed by atoms with Crippen molar-refractivity contribution in [2.24, 2.45) is 5.73 Å². The maximum atomic E-state index is 12.4. The summed E-state index contributed by atoms with van der Waals surface area (Å²) in [5.74, 6) is -0.488. The van der Waals surface area contributed by atoms with Crippen molar-refractivity contribution in [2.75, 3.05) is 6.54 Å². The first-order chi connectivity index (χ1) is 6.15. The second-order valence-electron chi connectivity index (χ2n) is 2.65. The molecule has 0 radical (unpaired) electrons. The summed E-state index contributed by atoms with van der Waals surface area (Å²) in [5, 5.41) is 18.5. The van der Waals surface area contributed by atoms with E-state index in [1.54, 1.807) is 0 Å². The fraction of sp³-hybridized carbons (Fsp3) is 0.375. The molecule has 0 saturated heterocycles. The van der Waals surface area contributed by atoms with Gasteiger partial charge in [-0.05, 0) is 12.1 Å². The van der Waals surface area contributed by atoms with Gasteiger partial charge >= 0.3 is 0 Å². The molecule has 0 saturated carbocycles. The molecule has 1 rings (SSSR count). The largest absolute Gasteiger partial charge is 0.389 e. The number of hydrogen-bond donors (Lipinski definition) is 3. The summed E-state index contributed by atoms with van der Waals surface area (Å²) >= 11 is 0. The highest BCUT2D eigenvalue weighted by molar-refractivity contribution is 5.09. The Labute approximate surface area is 74.8 Å². The van der Waals surface area contributed by atoms with Gasteiger partial charge in [0, 0.05) is 6.54 Å². The Bertz CT molecular complexity index is 265. The normalized spacial score (nSPS) is 15.4. The summed E-state index contributed by atoms with van der Waals surface area (Å²) in [7, 11) is 0. The average molecular weight is 186 g/mol. The fourth-order valence-corrected chi connectivity index (χ4v) is 0.888. The van der Waals surface area contributed by atoms with Crippen LogP contribution in [0.4, 0.5) is 4.39 Å². The van der Waals surface area contributed by atoms with Gasteiger partial charge in [-0.1, -0.05) is 0 Å². The molecule has 1 heterocycles. The molecule has 1 aromatic heterocycles. The average Bonchev–Trinajstić information content (AvgIpc) is 2.17. The highest BCUT2D eigenvalue weighted by Gasteiger charge is 2.17. The maximum absolute atomic E-state index is 12.4. The van der Waals surface area contributed by atoms with E-state index in [-0.39, 0.29) is 12.2 Å². The molecule has 2 atom stereocenters. The van der Waals surface area contributed by atoms with E-state index < -0.39 is 18.0 Å². The summed E-state index contributed by atoms with van der Waals surface area (Å²) in [6.45, 7) is -0.0692. The van der Waals surface area contributed by atoms with E-state index in [1.807, 2.05) is 0 Å². The molecule has 0 amide bonds. The molecule has 13 heavy (non-hydrogen) atoms. The topological polar surface area (TPSA) is 79.4 Å². The van der Waals surface area contributed by atoms with Gasteiger partial charge in [-0.2, -0.15) is 0 Å². The minimum atomic E-state index is -1.16. The first kappa shape index (κ1) is 10.0. The molecule has 0 bridgehead atoms. The van der Waals surface area contributed by atoms with E-state index in [4.69, 9.17) is 10.8 Å². The van der Waals surface area contributed by atoms with Crippen LogP contribution in [-0.4, -0.2) is 27.8 Å². The standard InChI is InChI=1S/C8H11FN2O2/c9-5-1-2-6(11-4-5)8(13)7(12)3-10/h1-2,4,7-8,12-13H,3,10H2. The zero-order valence-electron chi connectivity index (χ0n) is 6.89. The zero-order chi connectivity index (χ0) is 9.84. The van der Waals surface area contributed by atoms with Crippen molar-refractivity contribution < 1.29 is 14.6 Å². The molecule has 72 valence electrons. The molecule has 2 unspecified atom stereocenters. The molecule has 0 aromatic carbocycles. The summed E-state index contributed by atoms with van der Waals surface area (Å²) in [6.07, 6.45) is -1.26. The Hall–Kier alpha value is -1.04. The number of hydrogen-bond acceptors (Lipinski definition) is 4. The quantitative estimate of drug-likeness (QED) is 0.598. The van der Waals surface area contributed by atoms with E-state index in [1.165, 1.54) is 6.07 Å². The molecule has 4 nitrogen and oxygen atoms in total. The molecule has 0 spiro atoms. The van der Waals surface area contributed by atoms with Crippen LogP contribution in [0.1, 0.15) is 11.8 Å². The summed E-state index contributed by atoms with van der Waals surface area (Å²) in [5.41, 5.74) is 5.34. The lowest BCUT2D eigenvalue weighted by molar-refractivity contribution is 0.0216. The fourth-order valence-electron chi connectivity index (χ4n) is 0.888. The van der Waals surface area contributed by atoms with Crippen LogP contribution in [0.25, 0.3) is 0 Å². The number of halogens is 1. The van der Waals surface area contributed by atoms with Crippen LogP contribution < -0.4 is 5.73 Å². The van der Waals surface area contributed by atoms with Gasteiger partial charge in [0.05, 0.1) is 18.0 Å². The van der Waals surface area contributed by atoms with E-state index in [9.17, 15) is 9.50 Å². The van der Waals surface area contributed by atoms with Gasteiger partial charge < -0.3 is 15.9 Å². The monoisotopic (exact) mass is 186 g/mol. The van der Waals surface area contributed by atoms with Crippen LogP contribution in [0.2, 0.25) is 0 Å². The number of nitrogens with two attached hydrogens (primary N) is 1. The second kappa shape index (κ2) is 4.27. The molecule has 0 aliphatic carbocycles. The SMILES string of the molecule is NCC(O)C(O)c1ccc(F)cn1. The minimum Gasteiger partial charge on any atom is -0.389 e. The van der Waals surface area contributed by atoms with Gasteiger partial charge in [0.15, 0.2) is 0 Å². The van der Waals surface area contributed by atoms with Gasteiger partial charge in [0.2, 0.25) is 0 Å². The zero-order valence-corrected chi connectivity index (χ0v) is 6.89. The second-order valence-corrected chi connectivity index (χ2v) is 2.65. The first-order valence-corrected chi connectivity index (χ1v) is 3.83. The van der Waals surface area contributed by atoms with E-state index in [2.05, 4.69) is 4.98 Å². The molecule has 1 aromatic rings. The third kappa shape index (κ3) is 2.45. The molecule has 0 fully saturated rings. The molecule has 0 aliphatic rings. The number of pyridine rings is 1. The lowest BCUT2D eigenvalue weighted by Crippen LogP contribution is -2.27. The Kier molecular flexibility index (Phi) is 3.30. The van der Waals surface area contributed by atoms with Crippen molar-refractivity contribution in [1.29, 1.82) is 0 Å². The van der Waals surface area contributed by atoms with Gasteiger partial charge in [-0.25, -0.2) is 4.39 Å². The van der Waals surface area contributed by atoms with Crippen molar-refractivity contribution in [1.82, 2.24) is 4.98 Å². The lowest BCUT2D eigenvalue weighted by atomic mass is 10.1. The molecule has 4 N–H and O–H groups in total. The third-order valence-electron chi connectivity index (χ3n) is 1.66. The minimum absolute atomic E-state index is 0.0692. The molecular formula is C8H11FN2O2. The van der Waals surface area contributed by atoms with Crippen molar-refractivity contribution in [3.05, 3.63) is 29.8 Å². The maximum Gasteiger partial charge on any atom is 0.141 e. The smallest absolute Gasteiger partial charge is 0.141 e. The summed E-state index contributed by atoms with van der Waals surface area (Å²) in [6, 6.07) is 2.47. The first-order valence-electron chi connectivity index (χ1n) is 3.83. The number of aliphatic hydroxyl groups excluding tert-OH is 2. The predicted molar refractivity (Wildman–Crippen MR) is 44.2 cm³/mol. The number of aliphatic hydroxyl groups is 2. The molecule has 5 heteroatoms. The molecule has 0 aliphatic heterocycles. The van der Waals surface area contributed by atoms with Gasteiger partial charge in [0.1, 0.15) is 11.9 Å². The van der Waals surface area contributed by atoms with Gasteiger partial charge in [-0.15, -0.1) is 0 Å². The summed E-state index contributed by atoms with van der Waals surface area (Å²) in [4.78, 5) is 3.61. The van der Waals surface area contributed by atoms with Crippen LogP contribution in [0, 0.1) is 5.82 Å². The van der Waals surface area contributed by atoms with Crippen LogP contribution >= 0.6 is 0 Å².